The molecule has 0 bridgehead atoms. The van der Waals surface area contributed by atoms with Crippen molar-refractivity contribution in [3.63, 3.8) is 0 Å². The molecule has 0 unspecified atom stereocenters. The van der Waals surface area contributed by atoms with Crippen molar-refractivity contribution < 1.29 is 9.53 Å². The van der Waals surface area contributed by atoms with Gasteiger partial charge in [-0.2, -0.15) is 5.10 Å². The zero-order chi connectivity index (χ0) is 14.5. The fourth-order valence-corrected chi connectivity index (χ4v) is 2.47. The molecule has 0 radical (unpaired) electrons. The van der Waals surface area contributed by atoms with Crippen LogP contribution in [0.15, 0.2) is 29.6 Å². The predicted octanol–water partition coefficient (Wildman–Crippen LogP) is 2.14. The third-order valence-corrected chi connectivity index (χ3v) is 3.40. The summed E-state index contributed by atoms with van der Waals surface area (Å²) in [6, 6.07) is 3.55. The molecular formula is C13H16N4O2S. The summed E-state index contributed by atoms with van der Waals surface area (Å²) >= 11 is 1.46. The molecule has 2 aromatic rings. The summed E-state index contributed by atoms with van der Waals surface area (Å²) in [5, 5.41) is 4.98. The van der Waals surface area contributed by atoms with Crippen molar-refractivity contribution in [3.8, 4) is 5.69 Å². The van der Waals surface area contributed by atoms with Crippen LogP contribution in [0.2, 0.25) is 0 Å². The molecule has 0 aromatic carbocycles. The molecular weight excluding hydrogens is 276 g/mol. The number of anilines is 1. The highest BCUT2D eigenvalue weighted by Gasteiger charge is 2.23. The van der Waals surface area contributed by atoms with Gasteiger partial charge in [-0.05, 0) is 24.8 Å². The topological polar surface area (TPSA) is 83.0 Å². The Labute approximate surface area is 121 Å². The van der Waals surface area contributed by atoms with Crippen molar-refractivity contribution in [1.82, 2.24) is 14.8 Å². The van der Waals surface area contributed by atoms with Gasteiger partial charge in [-0.1, -0.05) is 6.92 Å². The molecule has 0 amide bonds. The van der Waals surface area contributed by atoms with Gasteiger partial charge in [0.25, 0.3) is 0 Å². The van der Waals surface area contributed by atoms with E-state index in [4.69, 9.17) is 10.5 Å². The number of carbonyl (C=O) groups is 1. The Morgan fingerprint density at radius 3 is 2.70 bits per heavy atom. The van der Waals surface area contributed by atoms with Crippen LogP contribution < -0.4 is 5.73 Å². The first kappa shape index (κ1) is 14.4. The van der Waals surface area contributed by atoms with E-state index in [0.717, 1.165) is 11.4 Å². The largest absolute Gasteiger partial charge is 0.462 e. The van der Waals surface area contributed by atoms with Gasteiger partial charge in [-0.3, -0.25) is 4.98 Å². The van der Waals surface area contributed by atoms with E-state index in [2.05, 4.69) is 10.1 Å². The monoisotopic (exact) mass is 292 g/mol. The SMILES string of the molecule is CCOC(=O)c1c(SCC)nn(-c2ccncc2)c1N. The second-order valence-electron chi connectivity index (χ2n) is 3.84. The first-order chi connectivity index (χ1) is 9.69. The minimum Gasteiger partial charge on any atom is -0.462 e. The normalized spacial score (nSPS) is 10.5. The first-order valence-electron chi connectivity index (χ1n) is 6.27. The van der Waals surface area contributed by atoms with Gasteiger partial charge in [0.05, 0.1) is 12.3 Å². The van der Waals surface area contributed by atoms with Crippen molar-refractivity contribution in [2.75, 3.05) is 18.1 Å². The van der Waals surface area contributed by atoms with E-state index >= 15 is 0 Å². The summed E-state index contributed by atoms with van der Waals surface area (Å²) in [6.07, 6.45) is 3.29. The molecule has 0 aliphatic rings. The smallest absolute Gasteiger partial charge is 0.344 e. The Morgan fingerprint density at radius 2 is 2.10 bits per heavy atom. The summed E-state index contributed by atoms with van der Waals surface area (Å²) in [4.78, 5) is 16.0. The number of ether oxygens (including phenoxy) is 1. The maximum Gasteiger partial charge on any atom is 0.344 e. The Morgan fingerprint density at radius 1 is 1.40 bits per heavy atom. The average Bonchev–Trinajstić information content (AvgIpc) is 2.77. The average molecular weight is 292 g/mol. The first-order valence-corrected chi connectivity index (χ1v) is 7.26. The van der Waals surface area contributed by atoms with Gasteiger partial charge in [0.1, 0.15) is 16.4 Å². The molecule has 0 aliphatic carbocycles. The standard InChI is InChI=1S/C13H16N4O2S/c1-3-19-13(18)10-11(14)17(16-12(10)20-4-2)9-5-7-15-8-6-9/h5-8H,3-4,14H2,1-2H3. The molecule has 2 heterocycles. The molecule has 0 spiro atoms. The maximum absolute atomic E-state index is 12.0. The maximum atomic E-state index is 12.0. The predicted molar refractivity (Wildman–Crippen MR) is 78.1 cm³/mol. The van der Waals surface area contributed by atoms with Crippen LogP contribution in [0.3, 0.4) is 0 Å². The van der Waals surface area contributed by atoms with Gasteiger partial charge in [-0.25, -0.2) is 9.48 Å². The van der Waals surface area contributed by atoms with E-state index in [9.17, 15) is 4.79 Å². The van der Waals surface area contributed by atoms with Crippen molar-refractivity contribution >= 4 is 23.5 Å². The molecule has 0 saturated carbocycles. The Bertz CT molecular complexity index is 598. The van der Waals surface area contributed by atoms with Crippen LogP contribution in [-0.2, 0) is 4.74 Å². The van der Waals surface area contributed by atoms with Crippen LogP contribution in [-0.4, -0.2) is 33.1 Å². The molecule has 0 saturated heterocycles. The number of nitrogen functional groups attached to an aromatic ring is 1. The highest BCUT2D eigenvalue weighted by atomic mass is 32.2. The van der Waals surface area contributed by atoms with Gasteiger partial charge < -0.3 is 10.5 Å². The Balaban J connectivity index is 2.50. The quantitative estimate of drug-likeness (QED) is 0.671. The number of rotatable bonds is 5. The molecule has 2 N–H and O–H groups in total. The second-order valence-corrected chi connectivity index (χ2v) is 5.09. The minimum absolute atomic E-state index is 0.283. The molecule has 2 rings (SSSR count). The van der Waals surface area contributed by atoms with Crippen LogP contribution in [0.5, 0.6) is 0 Å². The number of esters is 1. The number of hydrogen-bond donors (Lipinski definition) is 1. The molecule has 20 heavy (non-hydrogen) atoms. The van der Waals surface area contributed by atoms with Gasteiger partial charge in [-0.15, -0.1) is 11.8 Å². The minimum atomic E-state index is -0.443. The van der Waals surface area contributed by atoms with Crippen LogP contribution >= 0.6 is 11.8 Å². The summed E-state index contributed by atoms with van der Waals surface area (Å²) in [5.74, 6) is 0.631. The zero-order valence-corrected chi connectivity index (χ0v) is 12.2. The lowest BCUT2D eigenvalue weighted by atomic mass is 10.3. The van der Waals surface area contributed by atoms with E-state index in [0.29, 0.717) is 17.2 Å². The number of carbonyl (C=O) groups excluding carboxylic acids is 1. The van der Waals surface area contributed by atoms with Crippen molar-refractivity contribution in [1.29, 1.82) is 0 Å². The third kappa shape index (κ3) is 2.77. The van der Waals surface area contributed by atoms with Gasteiger partial charge >= 0.3 is 5.97 Å². The molecule has 106 valence electrons. The van der Waals surface area contributed by atoms with Gasteiger partial charge in [0.2, 0.25) is 0 Å². The molecule has 7 heteroatoms. The van der Waals surface area contributed by atoms with Crippen LogP contribution in [0.4, 0.5) is 5.82 Å². The van der Waals surface area contributed by atoms with Gasteiger partial charge in [0, 0.05) is 12.4 Å². The van der Waals surface area contributed by atoms with Crippen molar-refractivity contribution in [2.45, 2.75) is 18.9 Å². The van der Waals surface area contributed by atoms with Crippen LogP contribution in [0, 0.1) is 0 Å². The fourth-order valence-electron chi connectivity index (χ4n) is 1.73. The third-order valence-electron chi connectivity index (χ3n) is 2.56. The Hall–Kier alpha value is -2.02. The van der Waals surface area contributed by atoms with E-state index in [1.165, 1.54) is 16.4 Å². The number of thioether (sulfide) groups is 1. The molecule has 2 aromatic heterocycles. The number of hydrogen-bond acceptors (Lipinski definition) is 6. The lowest BCUT2D eigenvalue weighted by Gasteiger charge is -2.04. The lowest BCUT2D eigenvalue weighted by Crippen LogP contribution is -2.09. The molecule has 6 nitrogen and oxygen atoms in total. The van der Waals surface area contributed by atoms with Crippen molar-refractivity contribution in [2.24, 2.45) is 0 Å². The molecule has 0 aliphatic heterocycles. The van der Waals surface area contributed by atoms with Crippen LogP contribution in [0.25, 0.3) is 5.69 Å². The summed E-state index contributed by atoms with van der Waals surface area (Å²) in [5.41, 5.74) is 7.15. The summed E-state index contributed by atoms with van der Waals surface area (Å²) < 4.78 is 6.58. The summed E-state index contributed by atoms with van der Waals surface area (Å²) in [6.45, 7) is 4.05. The van der Waals surface area contributed by atoms with E-state index in [1.807, 2.05) is 6.92 Å². The van der Waals surface area contributed by atoms with E-state index in [-0.39, 0.29) is 5.82 Å². The van der Waals surface area contributed by atoms with E-state index in [1.54, 1.807) is 31.5 Å². The van der Waals surface area contributed by atoms with Gasteiger partial charge in [0.15, 0.2) is 0 Å². The Kier molecular flexibility index (Phi) is 4.62. The number of aromatic nitrogens is 3. The second kappa shape index (κ2) is 6.42. The lowest BCUT2D eigenvalue weighted by molar-refractivity contribution is 0.0523. The number of nitrogens with zero attached hydrogens (tertiary/aromatic N) is 3. The zero-order valence-electron chi connectivity index (χ0n) is 11.4. The summed E-state index contributed by atoms with van der Waals surface area (Å²) in [7, 11) is 0. The highest BCUT2D eigenvalue weighted by molar-refractivity contribution is 7.99. The van der Waals surface area contributed by atoms with E-state index < -0.39 is 5.97 Å². The van der Waals surface area contributed by atoms with Crippen molar-refractivity contribution in [3.05, 3.63) is 30.1 Å². The van der Waals surface area contributed by atoms with Crippen LogP contribution in [0.1, 0.15) is 24.2 Å². The molecule has 0 fully saturated rings. The number of nitrogens with two attached hydrogens (primary N) is 1. The fraction of sp³-hybridized carbons (Fsp3) is 0.308. The molecule has 0 atom stereocenters. The number of pyridine rings is 1. The highest BCUT2D eigenvalue weighted by Crippen LogP contribution is 2.29.